The number of para-hydroxylation sites is 2. The van der Waals surface area contributed by atoms with Crippen LogP contribution in [0.1, 0.15) is 11.0 Å². The number of nitrogens with two attached hydrogens (primary N) is 1. The van der Waals surface area contributed by atoms with Gasteiger partial charge in [-0.05, 0) is 23.6 Å². The Morgan fingerprint density at radius 2 is 1.96 bits per heavy atom. The molecule has 6 nitrogen and oxygen atoms in total. The first-order valence-corrected chi connectivity index (χ1v) is 9.90. The van der Waals surface area contributed by atoms with E-state index in [1.54, 1.807) is 11.3 Å². The summed E-state index contributed by atoms with van der Waals surface area (Å²) in [5, 5.41) is 12.6. The first-order valence-electron chi connectivity index (χ1n) is 9.02. The predicted molar refractivity (Wildman–Crippen MR) is 103 cm³/mol. The molecule has 3 aromatic rings. The molecule has 26 heavy (non-hydrogen) atoms. The van der Waals surface area contributed by atoms with Gasteiger partial charge in [0.1, 0.15) is 23.7 Å². The van der Waals surface area contributed by atoms with Crippen molar-refractivity contribution < 1.29 is 14.4 Å². The Balaban J connectivity index is 1.60. The zero-order chi connectivity index (χ0) is 17.9. The number of thiophene rings is 1. The van der Waals surface area contributed by atoms with Crippen LogP contribution in [-0.2, 0) is 17.8 Å². The lowest BCUT2D eigenvalue weighted by Crippen LogP contribution is -2.40. The first-order chi connectivity index (χ1) is 12.7. The molecule has 1 atom stereocenters. The third-order valence-electron chi connectivity index (χ3n) is 4.99. The standard InChI is InChI=1S/C19H24N4O2S/c20-19-22(8-7-21-9-11-25-12-10-21)15-4-1-2-5-16(15)23(19)14-17(24)18-6-3-13-26-18/h1-6,13,17,20,24H,7-12,14H2/p+1/t17-/m0/s1. The van der Waals surface area contributed by atoms with Crippen LogP contribution in [0, 0.1) is 0 Å². The molecule has 0 spiro atoms. The second-order valence-corrected chi connectivity index (χ2v) is 7.57. The van der Waals surface area contributed by atoms with Crippen LogP contribution in [0.5, 0.6) is 0 Å². The zero-order valence-electron chi connectivity index (χ0n) is 14.8. The van der Waals surface area contributed by atoms with Crippen LogP contribution in [0.15, 0.2) is 41.8 Å². The highest BCUT2D eigenvalue weighted by molar-refractivity contribution is 7.10. The monoisotopic (exact) mass is 373 g/mol. The van der Waals surface area contributed by atoms with Crippen LogP contribution in [-0.4, -0.2) is 47.4 Å². The van der Waals surface area contributed by atoms with Gasteiger partial charge in [0.25, 0.3) is 0 Å². The fourth-order valence-electron chi connectivity index (χ4n) is 3.55. The van der Waals surface area contributed by atoms with Crippen molar-refractivity contribution in [3.63, 3.8) is 0 Å². The smallest absolute Gasteiger partial charge is 0.356 e. The molecule has 1 saturated heterocycles. The van der Waals surface area contributed by atoms with Gasteiger partial charge in [0.2, 0.25) is 0 Å². The third-order valence-corrected chi connectivity index (χ3v) is 5.96. The van der Waals surface area contributed by atoms with E-state index < -0.39 is 6.10 Å². The van der Waals surface area contributed by atoms with E-state index >= 15 is 0 Å². The minimum absolute atomic E-state index is 0.456. The lowest BCUT2D eigenvalue weighted by Gasteiger charge is -2.26. The van der Waals surface area contributed by atoms with Gasteiger partial charge in [-0.3, -0.25) is 10.6 Å². The van der Waals surface area contributed by atoms with Crippen molar-refractivity contribution in [1.82, 2.24) is 9.47 Å². The molecular weight excluding hydrogens is 348 g/mol. The molecule has 0 radical (unpaired) electrons. The Labute approximate surface area is 157 Å². The summed E-state index contributed by atoms with van der Waals surface area (Å²) < 4.78 is 9.61. The number of benzene rings is 1. The van der Waals surface area contributed by atoms with E-state index in [1.165, 1.54) is 0 Å². The number of nitrogen functional groups attached to an aromatic ring is 1. The fraction of sp³-hybridized carbons (Fsp3) is 0.421. The Bertz CT molecular complexity index is 856. The van der Waals surface area contributed by atoms with E-state index in [0.29, 0.717) is 12.5 Å². The third kappa shape index (κ3) is 3.48. The molecule has 7 heteroatoms. The Morgan fingerprint density at radius 3 is 2.73 bits per heavy atom. The number of morpholine rings is 1. The van der Waals surface area contributed by atoms with Crippen LogP contribution >= 0.6 is 11.3 Å². The van der Waals surface area contributed by atoms with Crippen molar-refractivity contribution in [3.05, 3.63) is 46.7 Å². The number of hydrogen-bond acceptors (Lipinski definition) is 5. The maximum absolute atomic E-state index is 10.6. The molecule has 0 bridgehead atoms. The number of hydrogen-bond donors (Lipinski definition) is 2. The number of aliphatic hydroxyl groups is 1. The van der Waals surface area contributed by atoms with E-state index in [-0.39, 0.29) is 0 Å². The summed E-state index contributed by atoms with van der Waals surface area (Å²) in [7, 11) is 0. The number of imidazole rings is 1. The van der Waals surface area contributed by atoms with Crippen LogP contribution in [0.2, 0.25) is 0 Å². The largest absolute Gasteiger partial charge is 0.384 e. The summed E-state index contributed by atoms with van der Waals surface area (Å²) in [6.07, 6.45) is -0.555. The number of ether oxygens (including phenoxy) is 1. The lowest BCUT2D eigenvalue weighted by molar-refractivity contribution is -0.666. The Hall–Kier alpha value is -1.93. The maximum Gasteiger partial charge on any atom is 0.356 e. The van der Waals surface area contributed by atoms with Gasteiger partial charge in [0.05, 0.1) is 19.8 Å². The molecule has 1 aromatic carbocycles. The quantitative estimate of drug-likeness (QED) is 0.645. The molecule has 0 saturated carbocycles. The second-order valence-electron chi connectivity index (χ2n) is 6.59. The fourth-order valence-corrected chi connectivity index (χ4v) is 4.25. The van der Waals surface area contributed by atoms with Gasteiger partial charge < -0.3 is 9.84 Å². The number of aliphatic hydroxyl groups excluding tert-OH is 1. The number of rotatable bonds is 6. The molecule has 0 unspecified atom stereocenters. The molecular formula is C19H25N4O2S+. The van der Waals surface area contributed by atoms with Crippen molar-refractivity contribution in [2.75, 3.05) is 38.6 Å². The summed E-state index contributed by atoms with van der Waals surface area (Å²) >= 11 is 1.57. The van der Waals surface area contributed by atoms with Crippen LogP contribution in [0.4, 0.5) is 5.95 Å². The summed E-state index contributed by atoms with van der Waals surface area (Å²) in [6, 6.07) is 12.1. The van der Waals surface area contributed by atoms with Gasteiger partial charge in [0.15, 0.2) is 0 Å². The molecule has 0 aliphatic carbocycles. The highest BCUT2D eigenvalue weighted by atomic mass is 32.1. The predicted octanol–water partition coefficient (Wildman–Crippen LogP) is 1.64. The number of aromatic nitrogens is 2. The van der Waals surface area contributed by atoms with Crippen molar-refractivity contribution in [3.8, 4) is 0 Å². The highest BCUT2D eigenvalue weighted by Gasteiger charge is 2.24. The van der Waals surface area contributed by atoms with E-state index in [0.717, 1.165) is 55.3 Å². The van der Waals surface area contributed by atoms with E-state index in [1.807, 2.05) is 34.2 Å². The molecule has 138 valence electrons. The molecule has 4 rings (SSSR count). The minimum Gasteiger partial charge on any atom is -0.384 e. The van der Waals surface area contributed by atoms with Crippen molar-refractivity contribution in [2.45, 2.75) is 19.2 Å². The summed E-state index contributed by atoms with van der Waals surface area (Å²) in [4.78, 5) is 3.37. The van der Waals surface area contributed by atoms with E-state index in [9.17, 15) is 5.11 Å². The molecule has 3 N–H and O–H groups in total. The first kappa shape index (κ1) is 17.5. The molecule has 1 aliphatic heterocycles. The van der Waals surface area contributed by atoms with Gasteiger partial charge in [0, 0.05) is 24.5 Å². The topological polar surface area (TPSA) is 67.5 Å². The molecule has 0 amide bonds. The van der Waals surface area contributed by atoms with Crippen LogP contribution < -0.4 is 10.3 Å². The van der Waals surface area contributed by atoms with E-state index in [2.05, 4.69) is 21.6 Å². The zero-order valence-corrected chi connectivity index (χ0v) is 15.6. The summed E-state index contributed by atoms with van der Waals surface area (Å²) in [5.74, 6) is 0.690. The van der Waals surface area contributed by atoms with Crippen LogP contribution in [0.25, 0.3) is 11.0 Å². The normalized spacial score (nSPS) is 17.0. The number of nitrogens with zero attached hydrogens (tertiary/aromatic N) is 3. The van der Waals surface area contributed by atoms with Gasteiger partial charge >= 0.3 is 5.95 Å². The Morgan fingerprint density at radius 1 is 1.15 bits per heavy atom. The van der Waals surface area contributed by atoms with Crippen molar-refractivity contribution in [2.24, 2.45) is 0 Å². The van der Waals surface area contributed by atoms with Crippen LogP contribution in [0.3, 0.4) is 0 Å². The maximum atomic E-state index is 10.6. The molecule has 1 fully saturated rings. The average Bonchev–Trinajstić information content (AvgIpc) is 3.29. The highest BCUT2D eigenvalue weighted by Crippen LogP contribution is 2.22. The van der Waals surface area contributed by atoms with Crippen molar-refractivity contribution >= 4 is 28.3 Å². The number of anilines is 1. The second kappa shape index (κ2) is 7.75. The molecule has 3 heterocycles. The lowest BCUT2D eigenvalue weighted by atomic mass is 10.2. The van der Waals surface area contributed by atoms with Gasteiger partial charge in [-0.15, -0.1) is 11.3 Å². The van der Waals surface area contributed by atoms with Crippen molar-refractivity contribution in [1.29, 1.82) is 0 Å². The van der Waals surface area contributed by atoms with E-state index in [4.69, 9.17) is 10.5 Å². The van der Waals surface area contributed by atoms with Gasteiger partial charge in [-0.1, -0.05) is 18.2 Å². The molecule has 2 aromatic heterocycles. The molecule has 1 aliphatic rings. The SMILES string of the molecule is Nc1n(CCN2CCOCC2)c2ccccc2[n+]1C[C@H](O)c1cccs1. The average molecular weight is 374 g/mol. The Kier molecular flexibility index (Phi) is 5.21. The van der Waals surface area contributed by atoms with Gasteiger partial charge in [-0.25, -0.2) is 9.13 Å². The number of fused-ring (bicyclic) bond motifs is 1. The summed E-state index contributed by atoms with van der Waals surface area (Å²) in [6.45, 7) is 5.77. The minimum atomic E-state index is -0.555. The summed E-state index contributed by atoms with van der Waals surface area (Å²) in [5.41, 5.74) is 8.67. The van der Waals surface area contributed by atoms with Gasteiger partial charge in [-0.2, -0.15) is 0 Å².